The van der Waals surface area contributed by atoms with Crippen molar-refractivity contribution in [1.29, 1.82) is 0 Å². The van der Waals surface area contributed by atoms with Crippen LogP contribution in [0.25, 0.3) is 0 Å². The van der Waals surface area contributed by atoms with Crippen molar-refractivity contribution in [2.45, 2.75) is 26.2 Å². The van der Waals surface area contributed by atoms with Gasteiger partial charge in [-0.15, -0.1) is 0 Å². The predicted octanol–water partition coefficient (Wildman–Crippen LogP) is 2.30. The summed E-state index contributed by atoms with van der Waals surface area (Å²) in [5.74, 6) is -2.02. The van der Waals surface area contributed by atoms with E-state index in [1.807, 2.05) is 0 Å². The number of nitro groups is 1. The maximum atomic E-state index is 10.8. The number of phenols is 1. The van der Waals surface area contributed by atoms with Gasteiger partial charge in [-0.2, -0.15) is 0 Å². The van der Waals surface area contributed by atoms with E-state index in [-0.39, 0.29) is 0 Å². The van der Waals surface area contributed by atoms with Crippen LogP contribution in [-0.2, 0) is 5.41 Å². The first kappa shape index (κ1) is 13.0. The molecule has 0 amide bonds. The molecule has 0 atom stereocenters. The van der Waals surface area contributed by atoms with Crippen LogP contribution < -0.4 is 0 Å². The quantitative estimate of drug-likeness (QED) is 0.609. The molecular weight excluding hydrogens is 226 g/mol. The fourth-order valence-electron chi connectivity index (χ4n) is 1.54. The summed E-state index contributed by atoms with van der Waals surface area (Å²) < 4.78 is 0. The van der Waals surface area contributed by atoms with Crippen molar-refractivity contribution >= 4 is 11.7 Å². The van der Waals surface area contributed by atoms with Gasteiger partial charge in [0.2, 0.25) is 0 Å². The van der Waals surface area contributed by atoms with Crippen LogP contribution in [0.2, 0.25) is 0 Å². The highest BCUT2D eigenvalue weighted by molar-refractivity contribution is 5.94. The van der Waals surface area contributed by atoms with Crippen molar-refractivity contribution in [3.63, 3.8) is 0 Å². The second-order valence-electron chi connectivity index (χ2n) is 4.67. The first-order valence-corrected chi connectivity index (χ1v) is 4.90. The monoisotopic (exact) mass is 239 g/mol. The topological polar surface area (TPSA) is 101 Å². The number of nitro benzene ring substituents is 1. The van der Waals surface area contributed by atoms with Crippen molar-refractivity contribution < 1.29 is 19.9 Å². The van der Waals surface area contributed by atoms with Crippen LogP contribution in [0.4, 0.5) is 5.69 Å². The first-order chi connectivity index (χ1) is 7.66. The predicted molar refractivity (Wildman–Crippen MR) is 60.4 cm³/mol. The molecule has 0 aliphatic rings. The van der Waals surface area contributed by atoms with E-state index < -0.39 is 33.3 Å². The molecule has 0 heterocycles. The van der Waals surface area contributed by atoms with Crippen molar-refractivity contribution in [2.75, 3.05) is 0 Å². The van der Waals surface area contributed by atoms with Crippen LogP contribution in [0.1, 0.15) is 36.7 Å². The molecule has 2 N–H and O–H groups in total. The second kappa shape index (κ2) is 4.04. The Morgan fingerprint density at radius 2 is 1.88 bits per heavy atom. The standard InChI is InChI=1S/C11H13NO5/c1-11(2,3)7-5-4-6(10(14)15)8(9(7)13)12(16)17/h4-5,13H,1-3H3,(H,14,15). The molecule has 0 saturated carbocycles. The summed E-state index contributed by atoms with van der Waals surface area (Å²) >= 11 is 0. The fraction of sp³-hybridized carbons (Fsp3) is 0.364. The van der Waals surface area contributed by atoms with Crippen LogP contribution >= 0.6 is 0 Å². The van der Waals surface area contributed by atoms with E-state index in [1.54, 1.807) is 20.8 Å². The van der Waals surface area contributed by atoms with Gasteiger partial charge in [-0.25, -0.2) is 4.79 Å². The Morgan fingerprint density at radius 1 is 1.35 bits per heavy atom. The minimum absolute atomic E-state index is 0.342. The smallest absolute Gasteiger partial charge is 0.342 e. The van der Waals surface area contributed by atoms with Gasteiger partial charge in [-0.1, -0.05) is 26.8 Å². The molecule has 1 aromatic rings. The van der Waals surface area contributed by atoms with E-state index in [2.05, 4.69) is 0 Å². The fourth-order valence-corrected chi connectivity index (χ4v) is 1.54. The molecule has 1 rings (SSSR count). The summed E-state index contributed by atoms with van der Waals surface area (Å²) in [4.78, 5) is 20.8. The van der Waals surface area contributed by atoms with Crippen molar-refractivity contribution in [1.82, 2.24) is 0 Å². The van der Waals surface area contributed by atoms with Gasteiger partial charge in [0.25, 0.3) is 0 Å². The minimum atomic E-state index is -1.44. The molecule has 0 aliphatic carbocycles. The molecule has 0 radical (unpaired) electrons. The highest BCUT2D eigenvalue weighted by Crippen LogP contribution is 2.39. The molecule has 17 heavy (non-hydrogen) atoms. The van der Waals surface area contributed by atoms with Gasteiger partial charge < -0.3 is 10.2 Å². The van der Waals surface area contributed by atoms with Gasteiger partial charge >= 0.3 is 11.7 Å². The largest absolute Gasteiger partial charge is 0.502 e. The molecule has 6 nitrogen and oxygen atoms in total. The maximum absolute atomic E-state index is 10.8. The molecular formula is C11H13NO5. The Balaban J connectivity index is 3.61. The maximum Gasteiger partial charge on any atom is 0.342 e. The zero-order valence-corrected chi connectivity index (χ0v) is 9.72. The number of carboxylic acids is 1. The Morgan fingerprint density at radius 3 is 2.24 bits per heavy atom. The number of benzene rings is 1. The van der Waals surface area contributed by atoms with Crippen LogP contribution in [0.5, 0.6) is 5.75 Å². The van der Waals surface area contributed by atoms with Gasteiger partial charge in [0, 0.05) is 5.56 Å². The Bertz CT molecular complexity index is 487. The van der Waals surface area contributed by atoms with E-state index in [0.29, 0.717) is 5.56 Å². The second-order valence-corrected chi connectivity index (χ2v) is 4.67. The highest BCUT2D eigenvalue weighted by Gasteiger charge is 2.30. The molecule has 0 aromatic heterocycles. The third-order valence-corrected chi connectivity index (χ3v) is 2.37. The van der Waals surface area contributed by atoms with Crippen LogP contribution in [0.15, 0.2) is 12.1 Å². The van der Waals surface area contributed by atoms with Crippen LogP contribution in [-0.4, -0.2) is 21.1 Å². The normalized spacial score (nSPS) is 11.2. The lowest BCUT2D eigenvalue weighted by Gasteiger charge is -2.20. The zero-order valence-electron chi connectivity index (χ0n) is 9.72. The molecule has 92 valence electrons. The summed E-state index contributed by atoms with van der Waals surface area (Å²) in [6.07, 6.45) is 0. The Kier molecular flexibility index (Phi) is 3.08. The number of hydrogen-bond acceptors (Lipinski definition) is 4. The SMILES string of the molecule is CC(C)(C)c1ccc(C(=O)O)c([N+](=O)[O-])c1O. The number of aromatic carboxylic acids is 1. The first-order valence-electron chi connectivity index (χ1n) is 4.90. The number of rotatable bonds is 2. The van der Waals surface area contributed by atoms with E-state index >= 15 is 0 Å². The summed E-state index contributed by atoms with van der Waals surface area (Å²) in [5, 5.41) is 29.4. The van der Waals surface area contributed by atoms with Crippen molar-refractivity contribution in [2.24, 2.45) is 0 Å². The third kappa shape index (κ3) is 2.35. The Hall–Kier alpha value is -2.11. The third-order valence-electron chi connectivity index (χ3n) is 2.37. The molecule has 0 fully saturated rings. The van der Waals surface area contributed by atoms with Crippen LogP contribution in [0, 0.1) is 10.1 Å². The van der Waals surface area contributed by atoms with Crippen LogP contribution in [0.3, 0.4) is 0 Å². The van der Waals surface area contributed by atoms with E-state index in [4.69, 9.17) is 5.11 Å². The lowest BCUT2D eigenvalue weighted by Crippen LogP contribution is -2.13. The van der Waals surface area contributed by atoms with E-state index in [1.165, 1.54) is 6.07 Å². The average Bonchev–Trinajstić information content (AvgIpc) is 2.13. The number of aromatic hydroxyl groups is 1. The van der Waals surface area contributed by atoms with Gasteiger partial charge in [-0.3, -0.25) is 10.1 Å². The number of phenolic OH excluding ortho intramolecular Hbond substituents is 1. The molecule has 0 bridgehead atoms. The summed E-state index contributed by atoms with van der Waals surface area (Å²) in [7, 11) is 0. The van der Waals surface area contributed by atoms with Crippen molar-refractivity contribution in [3.8, 4) is 5.75 Å². The number of hydrogen-bond donors (Lipinski definition) is 2. The average molecular weight is 239 g/mol. The molecule has 0 aliphatic heterocycles. The number of carboxylic acid groups (broad SMARTS) is 1. The minimum Gasteiger partial charge on any atom is -0.502 e. The summed E-state index contributed by atoms with van der Waals surface area (Å²) in [6, 6.07) is 2.53. The number of carbonyl (C=O) groups is 1. The van der Waals surface area contributed by atoms with Gasteiger partial charge in [0.05, 0.1) is 4.92 Å². The molecule has 0 spiro atoms. The van der Waals surface area contributed by atoms with Gasteiger partial charge in [-0.05, 0) is 11.5 Å². The van der Waals surface area contributed by atoms with Gasteiger partial charge in [0.15, 0.2) is 5.75 Å². The zero-order chi connectivity index (χ0) is 13.4. The van der Waals surface area contributed by atoms with Gasteiger partial charge in [0.1, 0.15) is 5.56 Å². The molecule has 1 aromatic carbocycles. The van der Waals surface area contributed by atoms with Crippen molar-refractivity contribution in [3.05, 3.63) is 33.4 Å². The highest BCUT2D eigenvalue weighted by atomic mass is 16.6. The number of nitrogens with zero attached hydrogens (tertiary/aromatic N) is 1. The lowest BCUT2D eigenvalue weighted by atomic mass is 9.85. The van der Waals surface area contributed by atoms with E-state index in [9.17, 15) is 20.0 Å². The molecule has 6 heteroatoms. The summed E-state index contributed by atoms with van der Waals surface area (Å²) in [6.45, 7) is 5.31. The summed E-state index contributed by atoms with van der Waals surface area (Å²) in [5.41, 5.74) is -1.44. The Labute approximate surface area is 97.7 Å². The molecule has 0 unspecified atom stereocenters. The van der Waals surface area contributed by atoms with E-state index in [0.717, 1.165) is 6.07 Å². The lowest BCUT2D eigenvalue weighted by molar-refractivity contribution is -0.386. The molecule has 0 saturated heterocycles.